The highest BCUT2D eigenvalue weighted by atomic mass is 32.2. The van der Waals surface area contributed by atoms with E-state index < -0.39 is 40.3 Å². The summed E-state index contributed by atoms with van der Waals surface area (Å²) in [7, 11) is -1.64. The monoisotopic (exact) mass is 307 g/mol. The molecule has 1 fully saturated rings. The van der Waals surface area contributed by atoms with E-state index in [4.69, 9.17) is 5.11 Å². The fourth-order valence-corrected chi connectivity index (χ4v) is 3.54. The van der Waals surface area contributed by atoms with E-state index in [0.29, 0.717) is 6.42 Å². The molecule has 10 heteroatoms. The molecule has 1 atom stereocenters. The van der Waals surface area contributed by atoms with Crippen LogP contribution in [0.1, 0.15) is 6.42 Å². The van der Waals surface area contributed by atoms with E-state index in [0.717, 1.165) is 0 Å². The molecule has 0 aliphatic carbocycles. The Labute approximate surface area is 116 Å². The van der Waals surface area contributed by atoms with Crippen LogP contribution in [0.4, 0.5) is 4.79 Å². The van der Waals surface area contributed by atoms with Gasteiger partial charge in [-0.15, -0.1) is 0 Å². The summed E-state index contributed by atoms with van der Waals surface area (Å²) in [6.07, 6.45) is 0.372. The molecule has 1 aliphatic rings. The zero-order valence-corrected chi connectivity index (χ0v) is 11.8. The van der Waals surface area contributed by atoms with E-state index in [1.807, 2.05) is 0 Å². The number of nitrogens with one attached hydrogen (secondary N) is 2. The van der Waals surface area contributed by atoms with Gasteiger partial charge in [0.2, 0.25) is 5.91 Å². The molecule has 0 spiro atoms. The molecule has 1 aliphatic heterocycles. The Balaban J connectivity index is 2.35. The van der Waals surface area contributed by atoms with E-state index >= 15 is 0 Å². The molecule has 1 rings (SSSR count). The molecule has 1 heterocycles. The van der Waals surface area contributed by atoms with E-state index in [9.17, 15) is 22.8 Å². The molecule has 0 saturated carbocycles. The van der Waals surface area contributed by atoms with Crippen molar-refractivity contribution in [1.82, 2.24) is 15.5 Å². The van der Waals surface area contributed by atoms with Gasteiger partial charge in [-0.1, -0.05) is 0 Å². The number of amides is 3. The number of hydrogen-bond acceptors (Lipinski definition) is 5. The molecule has 9 nitrogen and oxygen atoms in total. The predicted molar refractivity (Wildman–Crippen MR) is 68.9 cm³/mol. The van der Waals surface area contributed by atoms with Gasteiger partial charge in [-0.2, -0.15) is 0 Å². The number of sulfone groups is 1. The van der Waals surface area contributed by atoms with Crippen molar-refractivity contribution < 1.29 is 27.9 Å². The van der Waals surface area contributed by atoms with E-state index in [2.05, 4.69) is 10.6 Å². The molecule has 20 heavy (non-hydrogen) atoms. The van der Waals surface area contributed by atoms with Gasteiger partial charge in [-0.25, -0.2) is 13.2 Å². The summed E-state index contributed by atoms with van der Waals surface area (Å²) in [5, 5.41) is 12.7. The van der Waals surface area contributed by atoms with E-state index in [1.165, 1.54) is 11.9 Å². The molecule has 1 unspecified atom stereocenters. The highest BCUT2D eigenvalue weighted by Gasteiger charge is 2.32. The van der Waals surface area contributed by atoms with Crippen LogP contribution in [0.25, 0.3) is 0 Å². The largest absolute Gasteiger partial charge is 0.480 e. The number of carboxylic acids is 1. The molecule has 0 radical (unpaired) electrons. The van der Waals surface area contributed by atoms with Crippen LogP contribution in [-0.4, -0.2) is 74.0 Å². The lowest BCUT2D eigenvalue weighted by Crippen LogP contribution is -2.47. The van der Waals surface area contributed by atoms with Crippen LogP contribution in [0.15, 0.2) is 0 Å². The van der Waals surface area contributed by atoms with Crippen LogP contribution in [0.3, 0.4) is 0 Å². The maximum absolute atomic E-state index is 11.7. The number of urea groups is 1. The van der Waals surface area contributed by atoms with E-state index in [-0.39, 0.29) is 18.1 Å². The zero-order valence-electron chi connectivity index (χ0n) is 11.0. The van der Waals surface area contributed by atoms with Gasteiger partial charge in [0.05, 0.1) is 18.1 Å². The second-order valence-electron chi connectivity index (χ2n) is 4.50. The highest BCUT2D eigenvalue weighted by Crippen LogP contribution is 2.16. The predicted octanol–water partition coefficient (Wildman–Crippen LogP) is -1.98. The third-order valence-electron chi connectivity index (χ3n) is 2.91. The molecule has 0 bridgehead atoms. The van der Waals surface area contributed by atoms with Gasteiger partial charge in [-0.3, -0.25) is 9.59 Å². The van der Waals surface area contributed by atoms with Gasteiger partial charge >= 0.3 is 12.0 Å². The number of nitrogens with zero attached hydrogens (tertiary/aromatic N) is 1. The van der Waals surface area contributed by atoms with Crippen molar-refractivity contribution >= 4 is 27.7 Å². The van der Waals surface area contributed by atoms with Crippen LogP contribution < -0.4 is 10.6 Å². The smallest absolute Gasteiger partial charge is 0.322 e. The van der Waals surface area contributed by atoms with Crippen molar-refractivity contribution in [3.63, 3.8) is 0 Å². The summed E-state index contributed by atoms with van der Waals surface area (Å²) in [5.74, 6) is -1.84. The fraction of sp³-hybridized carbons (Fsp3) is 0.700. The molecule has 114 valence electrons. The highest BCUT2D eigenvalue weighted by molar-refractivity contribution is 7.91. The maximum Gasteiger partial charge on any atom is 0.322 e. The summed E-state index contributed by atoms with van der Waals surface area (Å²) in [6, 6.07) is -0.973. The van der Waals surface area contributed by atoms with E-state index in [1.54, 1.807) is 0 Å². The van der Waals surface area contributed by atoms with Gasteiger partial charge in [-0.05, 0) is 6.42 Å². The number of carbonyl (C=O) groups is 3. The average molecular weight is 307 g/mol. The Morgan fingerprint density at radius 3 is 2.40 bits per heavy atom. The van der Waals surface area contributed by atoms with Crippen molar-refractivity contribution in [2.45, 2.75) is 12.5 Å². The minimum Gasteiger partial charge on any atom is -0.480 e. The summed E-state index contributed by atoms with van der Waals surface area (Å²) < 4.78 is 22.6. The van der Waals surface area contributed by atoms with Crippen LogP contribution >= 0.6 is 0 Å². The summed E-state index contributed by atoms with van der Waals surface area (Å²) in [6.45, 7) is -0.888. The zero-order chi connectivity index (χ0) is 15.3. The summed E-state index contributed by atoms with van der Waals surface area (Å²) in [5.41, 5.74) is 0. The second-order valence-corrected chi connectivity index (χ2v) is 6.73. The first-order valence-electron chi connectivity index (χ1n) is 5.91. The summed E-state index contributed by atoms with van der Waals surface area (Å²) >= 11 is 0. The molecule has 1 saturated heterocycles. The fourth-order valence-electron chi connectivity index (χ4n) is 1.76. The first kappa shape index (κ1) is 16.2. The lowest BCUT2D eigenvalue weighted by Gasteiger charge is -2.23. The SMILES string of the molecule is CN(C(=O)NCC(=O)NCC(=O)O)C1CCS(=O)(=O)C1. The van der Waals surface area contributed by atoms with Crippen LogP contribution in [0.5, 0.6) is 0 Å². The normalized spacial score (nSPS) is 20.1. The third kappa shape index (κ3) is 5.03. The van der Waals surface area contributed by atoms with Gasteiger partial charge < -0.3 is 20.6 Å². The minimum atomic E-state index is -3.09. The molecule has 0 aromatic rings. The second kappa shape index (κ2) is 6.55. The molecule has 3 N–H and O–H groups in total. The van der Waals surface area contributed by atoms with Gasteiger partial charge in [0, 0.05) is 13.1 Å². The molecule has 3 amide bonds. The van der Waals surface area contributed by atoms with Gasteiger partial charge in [0.15, 0.2) is 9.84 Å². The Kier molecular flexibility index (Phi) is 5.31. The Morgan fingerprint density at radius 1 is 1.25 bits per heavy atom. The number of hydrogen-bond donors (Lipinski definition) is 3. The van der Waals surface area contributed by atoms with Crippen molar-refractivity contribution in [3.05, 3.63) is 0 Å². The first-order valence-corrected chi connectivity index (χ1v) is 7.73. The Morgan fingerprint density at radius 2 is 1.90 bits per heavy atom. The van der Waals surface area contributed by atoms with Crippen LogP contribution in [0.2, 0.25) is 0 Å². The van der Waals surface area contributed by atoms with Crippen molar-refractivity contribution in [2.75, 3.05) is 31.6 Å². The number of aliphatic carboxylic acids is 1. The third-order valence-corrected chi connectivity index (χ3v) is 4.66. The Hall–Kier alpha value is -1.84. The van der Waals surface area contributed by atoms with Crippen LogP contribution in [-0.2, 0) is 19.4 Å². The van der Waals surface area contributed by atoms with Gasteiger partial charge in [0.25, 0.3) is 0 Å². The van der Waals surface area contributed by atoms with Gasteiger partial charge in [0.1, 0.15) is 6.54 Å². The van der Waals surface area contributed by atoms with Crippen molar-refractivity contribution in [1.29, 1.82) is 0 Å². The quantitative estimate of drug-likeness (QED) is 0.539. The first-order chi connectivity index (χ1) is 9.21. The van der Waals surface area contributed by atoms with Crippen molar-refractivity contribution in [2.24, 2.45) is 0 Å². The molecular weight excluding hydrogens is 290 g/mol. The molecular formula is C10H17N3O6S. The average Bonchev–Trinajstić information content (AvgIpc) is 2.72. The standard InChI is InChI=1S/C10H17N3O6S/c1-13(7-2-3-20(18,19)6-7)10(17)12-4-8(14)11-5-9(15)16/h7H,2-6H2,1H3,(H,11,14)(H,12,17)(H,15,16). The Bertz CT molecular complexity index is 503. The topological polar surface area (TPSA) is 133 Å². The number of carbonyl (C=O) groups excluding carboxylic acids is 2. The molecule has 0 aromatic heterocycles. The maximum atomic E-state index is 11.7. The van der Waals surface area contributed by atoms with Crippen molar-refractivity contribution in [3.8, 4) is 0 Å². The lowest BCUT2D eigenvalue weighted by molar-refractivity contribution is -0.137. The number of rotatable bonds is 5. The minimum absolute atomic E-state index is 0.0500. The molecule has 0 aromatic carbocycles. The lowest BCUT2D eigenvalue weighted by atomic mass is 10.2. The number of carboxylic acid groups (broad SMARTS) is 1. The summed E-state index contributed by atoms with van der Waals surface area (Å²) in [4.78, 5) is 34.4. The van der Waals surface area contributed by atoms with Crippen LogP contribution in [0, 0.1) is 0 Å².